The molecule has 0 radical (unpaired) electrons. The summed E-state index contributed by atoms with van der Waals surface area (Å²) >= 11 is 0. The second-order valence-corrected chi connectivity index (χ2v) is 8.08. The van der Waals surface area contributed by atoms with E-state index in [1.807, 2.05) is 66.7 Å². The molecule has 0 saturated heterocycles. The Balaban J connectivity index is 1.36. The molecule has 3 aromatic carbocycles. The molecule has 0 aliphatic carbocycles. The third kappa shape index (κ3) is 6.65. The molecule has 1 aliphatic heterocycles. The van der Waals surface area contributed by atoms with E-state index in [2.05, 4.69) is 9.98 Å². The van der Waals surface area contributed by atoms with Gasteiger partial charge in [0.1, 0.15) is 18.2 Å². The quantitative estimate of drug-likeness (QED) is 0.185. The minimum atomic E-state index is -1.12. The molecule has 8 heteroatoms. The van der Waals surface area contributed by atoms with Crippen LogP contribution in [0.2, 0.25) is 0 Å². The Morgan fingerprint density at radius 1 is 0.944 bits per heavy atom. The lowest BCUT2D eigenvalue weighted by Gasteiger charge is -2.22. The van der Waals surface area contributed by atoms with Crippen molar-refractivity contribution in [2.75, 3.05) is 13.2 Å². The zero-order chi connectivity index (χ0) is 25.2. The lowest BCUT2D eigenvalue weighted by atomic mass is 10.0. The normalized spacial score (nSPS) is 13.9. The van der Waals surface area contributed by atoms with Crippen molar-refractivity contribution in [3.8, 4) is 5.75 Å². The molecule has 8 nitrogen and oxygen atoms in total. The van der Waals surface area contributed by atoms with E-state index < -0.39 is 18.2 Å². The molecular weight excluding hydrogens is 456 g/mol. The Labute approximate surface area is 209 Å². The molecule has 3 aromatic rings. The average Bonchev–Trinajstić information content (AvgIpc) is 3.46. The van der Waals surface area contributed by atoms with Gasteiger partial charge in [0.2, 0.25) is 6.10 Å². The smallest absolute Gasteiger partial charge is 0.341 e. The first-order chi connectivity index (χ1) is 17.6. The fraction of sp³-hybridized carbons (Fsp3) is 0.179. The second-order valence-electron chi connectivity index (χ2n) is 8.08. The minimum absolute atomic E-state index is 0.124. The SMILES string of the molecule is NO[C@@H](COc1ccc(C(N)=NCC2=NC=CC2)cc1)C(=O)OC(c1ccccc1)c1ccccc1. The highest BCUT2D eigenvalue weighted by Crippen LogP contribution is 2.26. The number of esters is 1. The van der Waals surface area contributed by atoms with Gasteiger partial charge >= 0.3 is 5.97 Å². The summed E-state index contributed by atoms with van der Waals surface area (Å²) in [6.45, 7) is 0.336. The summed E-state index contributed by atoms with van der Waals surface area (Å²) in [6.07, 6.45) is 2.82. The molecule has 4 N–H and O–H groups in total. The topological polar surface area (TPSA) is 122 Å². The first kappa shape index (κ1) is 24.8. The highest BCUT2D eigenvalue weighted by molar-refractivity contribution is 5.99. The number of carbonyl (C=O) groups is 1. The number of carbonyl (C=O) groups excluding carboxylic acids is 1. The molecule has 1 aliphatic rings. The van der Waals surface area contributed by atoms with Crippen LogP contribution in [0.4, 0.5) is 0 Å². The summed E-state index contributed by atoms with van der Waals surface area (Å²) in [4.78, 5) is 26.4. The van der Waals surface area contributed by atoms with E-state index in [1.54, 1.807) is 30.5 Å². The highest BCUT2D eigenvalue weighted by atomic mass is 16.7. The molecule has 0 aromatic heterocycles. The van der Waals surface area contributed by atoms with Crippen molar-refractivity contribution in [1.82, 2.24) is 0 Å². The number of benzene rings is 3. The summed E-state index contributed by atoms with van der Waals surface area (Å²) in [5, 5.41) is 0. The third-order valence-electron chi connectivity index (χ3n) is 5.57. The van der Waals surface area contributed by atoms with Crippen molar-refractivity contribution < 1.29 is 19.1 Å². The van der Waals surface area contributed by atoms with Crippen LogP contribution in [0, 0.1) is 0 Å². The molecule has 36 heavy (non-hydrogen) atoms. The molecule has 184 valence electrons. The van der Waals surface area contributed by atoms with Gasteiger partial charge in [-0.25, -0.2) is 10.7 Å². The molecule has 0 unspecified atom stereocenters. The summed E-state index contributed by atoms with van der Waals surface area (Å²) in [5.74, 6) is 5.72. The van der Waals surface area contributed by atoms with E-state index in [0.717, 1.165) is 28.8 Å². The lowest BCUT2D eigenvalue weighted by molar-refractivity contribution is -0.163. The zero-order valence-electron chi connectivity index (χ0n) is 19.7. The Bertz CT molecular complexity index is 1190. The van der Waals surface area contributed by atoms with E-state index in [-0.39, 0.29) is 6.61 Å². The first-order valence-corrected chi connectivity index (χ1v) is 11.5. The molecule has 0 fully saturated rings. The van der Waals surface area contributed by atoms with Gasteiger partial charge in [-0.15, -0.1) is 0 Å². The summed E-state index contributed by atoms with van der Waals surface area (Å²) < 4.78 is 11.5. The largest absolute Gasteiger partial charge is 0.490 e. The average molecular weight is 485 g/mol. The summed E-state index contributed by atoms with van der Waals surface area (Å²) in [6, 6.07) is 26.0. The number of nitrogens with two attached hydrogens (primary N) is 2. The van der Waals surface area contributed by atoms with Crippen LogP contribution in [0.1, 0.15) is 29.2 Å². The van der Waals surface area contributed by atoms with Crippen LogP contribution in [0.3, 0.4) is 0 Å². The maximum atomic E-state index is 12.9. The Kier molecular flexibility index (Phi) is 8.58. The second kappa shape index (κ2) is 12.4. The molecule has 0 saturated carbocycles. The van der Waals surface area contributed by atoms with Crippen LogP contribution in [0.5, 0.6) is 5.75 Å². The highest BCUT2D eigenvalue weighted by Gasteiger charge is 2.27. The number of amidine groups is 1. The van der Waals surface area contributed by atoms with Gasteiger partial charge in [-0.05, 0) is 35.4 Å². The number of ether oxygens (including phenoxy) is 2. The Morgan fingerprint density at radius 3 is 2.14 bits per heavy atom. The van der Waals surface area contributed by atoms with Crippen LogP contribution in [-0.4, -0.2) is 36.8 Å². The Hall–Kier alpha value is -4.27. The lowest BCUT2D eigenvalue weighted by Crippen LogP contribution is -2.35. The number of allylic oxidation sites excluding steroid dienone is 1. The van der Waals surface area contributed by atoms with Gasteiger partial charge in [0, 0.05) is 23.9 Å². The predicted molar refractivity (Wildman–Crippen MR) is 139 cm³/mol. The Morgan fingerprint density at radius 2 is 1.58 bits per heavy atom. The van der Waals surface area contributed by atoms with Crippen molar-refractivity contribution in [2.45, 2.75) is 18.6 Å². The maximum Gasteiger partial charge on any atom is 0.341 e. The summed E-state index contributed by atoms with van der Waals surface area (Å²) in [7, 11) is 0. The van der Waals surface area contributed by atoms with Gasteiger partial charge in [0.05, 0.1) is 6.54 Å². The van der Waals surface area contributed by atoms with E-state index >= 15 is 0 Å². The van der Waals surface area contributed by atoms with Gasteiger partial charge in [0.25, 0.3) is 0 Å². The predicted octanol–water partition coefficient (Wildman–Crippen LogP) is 3.72. The fourth-order valence-electron chi connectivity index (χ4n) is 3.61. The molecule has 4 rings (SSSR count). The van der Waals surface area contributed by atoms with Gasteiger partial charge < -0.3 is 15.2 Å². The molecule has 0 spiro atoms. The molecule has 0 bridgehead atoms. The van der Waals surface area contributed by atoms with Gasteiger partial charge in [-0.2, -0.15) is 0 Å². The van der Waals surface area contributed by atoms with Crippen molar-refractivity contribution in [3.05, 3.63) is 114 Å². The molecular formula is C28H28N4O4. The molecule has 1 heterocycles. The molecule has 1 atom stereocenters. The van der Waals surface area contributed by atoms with Crippen molar-refractivity contribution >= 4 is 17.5 Å². The maximum absolute atomic E-state index is 12.9. The van der Waals surface area contributed by atoms with Gasteiger partial charge in [-0.3, -0.25) is 14.8 Å². The number of nitrogens with zero attached hydrogens (tertiary/aromatic N) is 2. The molecule has 0 amide bonds. The number of hydrogen-bond donors (Lipinski definition) is 2. The first-order valence-electron chi connectivity index (χ1n) is 11.5. The minimum Gasteiger partial charge on any atom is -0.490 e. The number of aliphatic imine (C=N–C) groups is 2. The monoisotopic (exact) mass is 484 g/mol. The van der Waals surface area contributed by atoms with Gasteiger partial charge in [0.15, 0.2) is 6.10 Å². The van der Waals surface area contributed by atoms with Crippen LogP contribution in [-0.2, 0) is 14.4 Å². The zero-order valence-corrected chi connectivity index (χ0v) is 19.7. The van der Waals surface area contributed by atoms with Crippen LogP contribution < -0.4 is 16.4 Å². The standard InChI is InChI=1S/C28H28N4O4/c29-27(32-18-23-12-7-17-31-23)22-13-15-24(16-14-22)34-19-25(36-30)28(33)35-26(20-8-3-1-4-9-20)21-10-5-2-6-11-21/h1-11,13-17,25-26H,12,18-19,30H2,(H2,29,32)/t25-/m0/s1. The van der Waals surface area contributed by atoms with Gasteiger partial charge in [-0.1, -0.05) is 66.7 Å². The van der Waals surface area contributed by atoms with Crippen molar-refractivity contribution in [2.24, 2.45) is 21.6 Å². The number of rotatable bonds is 11. The fourth-order valence-corrected chi connectivity index (χ4v) is 3.61. The van der Waals surface area contributed by atoms with E-state index in [9.17, 15) is 4.79 Å². The van der Waals surface area contributed by atoms with Crippen LogP contribution in [0.15, 0.2) is 107 Å². The van der Waals surface area contributed by atoms with Crippen LogP contribution in [0.25, 0.3) is 0 Å². The van der Waals surface area contributed by atoms with E-state index in [1.165, 1.54) is 0 Å². The van der Waals surface area contributed by atoms with Crippen molar-refractivity contribution in [1.29, 1.82) is 0 Å². The summed E-state index contributed by atoms with van der Waals surface area (Å²) in [5.41, 5.74) is 9.48. The number of hydrogen-bond acceptors (Lipinski definition) is 7. The van der Waals surface area contributed by atoms with E-state index in [4.69, 9.17) is 25.9 Å². The van der Waals surface area contributed by atoms with E-state index in [0.29, 0.717) is 18.1 Å². The van der Waals surface area contributed by atoms with Crippen molar-refractivity contribution in [3.63, 3.8) is 0 Å². The third-order valence-corrected chi connectivity index (χ3v) is 5.57. The van der Waals surface area contributed by atoms with Crippen LogP contribution >= 0.6 is 0 Å².